The fourth-order valence-corrected chi connectivity index (χ4v) is 6.52. The second-order valence-corrected chi connectivity index (χ2v) is 11.8. The average Bonchev–Trinajstić information content (AvgIpc) is 3.80. The fourth-order valence-electron chi connectivity index (χ4n) is 5.72. The molecule has 1 saturated heterocycles. The fraction of sp³-hybridized carbons (Fsp3) is 0.219. The van der Waals surface area contributed by atoms with Crippen LogP contribution in [0, 0.1) is 0 Å². The van der Waals surface area contributed by atoms with Gasteiger partial charge in [-0.05, 0) is 43.2 Å². The van der Waals surface area contributed by atoms with Gasteiger partial charge in [0.2, 0.25) is 5.89 Å². The summed E-state index contributed by atoms with van der Waals surface area (Å²) in [5.74, 6) is 0.519. The minimum absolute atomic E-state index is 0.0353. The molecule has 3 aromatic heterocycles. The van der Waals surface area contributed by atoms with E-state index in [-0.39, 0.29) is 40.7 Å². The molecule has 0 aliphatic carbocycles. The van der Waals surface area contributed by atoms with Crippen molar-refractivity contribution >= 4 is 28.7 Å². The third-order valence-electron chi connectivity index (χ3n) is 7.93. The largest absolute Gasteiger partial charge is 0.447 e. The lowest BCUT2D eigenvalue weighted by Crippen LogP contribution is -2.40. The zero-order valence-corrected chi connectivity index (χ0v) is 25.0. The van der Waals surface area contributed by atoms with Gasteiger partial charge in [-0.25, -0.2) is 9.78 Å². The van der Waals surface area contributed by atoms with Crippen molar-refractivity contribution in [1.82, 2.24) is 34.2 Å². The predicted molar refractivity (Wildman–Crippen MR) is 165 cm³/mol. The minimum Gasteiger partial charge on any atom is -0.447 e. The normalized spacial score (nSPS) is 14.3. The first-order chi connectivity index (χ1) is 22.3. The molecule has 0 atom stereocenters. The predicted octanol–water partition coefficient (Wildman–Crippen LogP) is 6.35. The molecule has 4 heterocycles. The molecular formula is C32H26F3N7O3S. The van der Waals surface area contributed by atoms with Gasteiger partial charge in [0.1, 0.15) is 6.26 Å². The number of nitrogens with zero attached hydrogens (tertiary/aromatic N) is 6. The summed E-state index contributed by atoms with van der Waals surface area (Å²) >= 11 is 1.18. The maximum absolute atomic E-state index is 13.5. The number of likely N-dealkylation sites (tertiary alicyclic amines) is 1. The van der Waals surface area contributed by atoms with Crippen molar-refractivity contribution in [3.8, 4) is 17.1 Å². The Labute approximate surface area is 263 Å². The van der Waals surface area contributed by atoms with E-state index in [1.54, 1.807) is 32.2 Å². The molecule has 1 aliphatic rings. The summed E-state index contributed by atoms with van der Waals surface area (Å²) in [6.07, 6.45) is -1.98. The molecule has 1 amide bonds. The Balaban J connectivity index is 1.06. The highest BCUT2D eigenvalue weighted by Gasteiger charge is 2.31. The van der Waals surface area contributed by atoms with E-state index in [4.69, 9.17) is 4.42 Å². The van der Waals surface area contributed by atoms with Crippen LogP contribution in [0.1, 0.15) is 40.8 Å². The number of para-hydroxylation sites is 2. The van der Waals surface area contributed by atoms with Crippen LogP contribution in [0.2, 0.25) is 0 Å². The van der Waals surface area contributed by atoms with Crippen LogP contribution in [0.5, 0.6) is 0 Å². The van der Waals surface area contributed by atoms with Gasteiger partial charge in [-0.15, -0.1) is 10.2 Å². The molecule has 0 bridgehead atoms. The van der Waals surface area contributed by atoms with Crippen molar-refractivity contribution in [1.29, 1.82) is 0 Å². The highest BCUT2D eigenvalue weighted by molar-refractivity contribution is 7.98. The monoisotopic (exact) mass is 645 g/mol. The molecule has 3 aromatic carbocycles. The van der Waals surface area contributed by atoms with Crippen LogP contribution in [-0.2, 0) is 11.9 Å². The Morgan fingerprint density at radius 1 is 0.978 bits per heavy atom. The van der Waals surface area contributed by atoms with Gasteiger partial charge in [0.15, 0.2) is 16.7 Å². The molecule has 234 valence electrons. The lowest BCUT2D eigenvalue weighted by Gasteiger charge is -2.32. The minimum atomic E-state index is -4.52. The SMILES string of the molecule is O=C(c1coc(CSc2nnc(-c3ccccc3)n2-c2cccc(C(F)(F)F)c2)n1)N1CCC(n2c(=O)[nH]c3ccccc32)CC1. The summed E-state index contributed by atoms with van der Waals surface area (Å²) in [6, 6.07) is 21.5. The number of nitrogens with one attached hydrogen (secondary N) is 1. The number of alkyl halides is 3. The maximum Gasteiger partial charge on any atom is 0.416 e. The molecule has 0 radical (unpaired) electrons. The van der Waals surface area contributed by atoms with Gasteiger partial charge >= 0.3 is 11.9 Å². The second kappa shape index (κ2) is 12.0. The van der Waals surface area contributed by atoms with Crippen LogP contribution >= 0.6 is 11.8 Å². The summed E-state index contributed by atoms with van der Waals surface area (Å²) < 4.78 is 49.6. The van der Waals surface area contributed by atoms with Crippen LogP contribution in [0.3, 0.4) is 0 Å². The number of hydrogen-bond donors (Lipinski definition) is 1. The Hall–Kier alpha value is -5.11. The molecule has 1 aliphatic heterocycles. The number of carbonyl (C=O) groups is 1. The first-order valence-electron chi connectivity index (χ1n) is 14.5. The van der Waals surface area contributed by atoms with E-state index in [1.807, 2.05) is 42.5 Å². The molecule has 1 N–H and O–H groups in total. The number of hydrogen-bond acceptors (Lipinski definition) is 7. The number of aromatic nitrogens is 6. The Morgan fingerprint density at radius 2 is 1.74 bits per heavy atom. The molecule has 0 saturated carbocycles. The lowest BCUT2D eigenvalue weighted by molar-refractivity contribution is -0.137. The third-order valence-corrected chi connectivity index (χ3v) is 8.85. The van der Waals surface area contributed by atoms with Gasteiger partial charge in [0, 0.05) is 24.7 Å². The number of imidazole rings is 1. The number of halogens is 3. The summed E-state index contributed by atoms with van der Waals surface area (Å²) in [7, 11) is 0. The number of fused-ring (bicyclic) bond motifs is 1. The number of piperidine rings is 1. The van der Waals surface area contributed by atoms with Gasteiger partial charge < -0.3 is 14.3 Å². The Bertz CT molecular complexity index is 2080. The van der Waals surface area contributed by atoms with Crippen LogP contribution in [0.25, 0.3) is 28.1 Å². The number of H-pyrrole nitrogens is 1. The van der Waals surface area contributed by atoms with Crippen molar-refractivity contribution in [2.45, 2.75) is 36.0 Å². The molecule has 0 spiro atoms. The van der Waals surface area contributed by atoms with E-state index in [9.17, 15) is 22.8 Å². The van der Waals surface area contributed by atoms with Crippen molar-refractivity contribution in [3.63, 3.8) is 0 Å². The van der Waals surface area contributed by atoms with E-state index in [2.05, 4.69) is 20.2 Å². The standard InChI is InChI=1S/C32H26F3N7O3S/c33-32(34,35)21-9-6-10-23(17-21)42-28(20-7-2-1-3-8-20)38-39-31(42)46-19-27-36-25(18-45-27)29(43)40-15-13-22(14-16-40)41-26-12-5-4-11-24(26)37-30(41)44/h1-12,17-18,22H,13-16,19H2,(H,37,44). The number of rotatable bonds is 7. The number of aromatic amines is 1. The van der Waals surface area contributed by atoms with Gasteiger partial charge in [0.25, 0.3) is 5.91 Å². The average molecular weight is 646 g/mol. The molecule has 1 fully saturated rings. The topological polar surface area (TPSA) is 115 Å². The van der Waals surface area contributed by atoms with Crippen molar-refractivity contribution in [2.75, 3.05) is 13.1 Å². The van der Waals surface area contributed by atoms with Crippen molar-refractivity contribution in [2.24, 2.45) is 0 Å². The molecular weight excluding hydrogens is 619 g/mol. The van der Waals surface area contributed by atoms with Crippen LogP contribution < -0.4 is 5.69 Å². The summed E-state index contributed by atoms with van der Waals surface area (Å²) in [4.78, 5) is 34.9. The van der Waals surface area contributed by atoms with Crippen molar-refractivity contribution in [3.05, 3.63) is 113 Å². The van der Waals surface area contributed by atoms with Crippen LogP contribution in [0.15, 0.2) is 99.5 Å². The third kappa shape index (κ3) is 5.71. The molecule has 0 unspecified atom stereocenters. The first-order valence-corrected chi connectivity index (χ1v) is 15.5. The van der Waals surface area contributed by atoms with Crippen LogP contribution in [-0.4, -0.2) is 53.2 Å². The van der Waals surface area contributed by atoms with Gasteiger partial charge in [-0.1, -0.05) is 60.3 Å². The molecule has 6 aromatic rings. The van der Waals surface area contributed by atoms with E-state index in [0.717, 1.165) is 23.2 Å². The summed E-state index contributed by atoms with van der Waals surface area (Å²) in [5, 5.41) is 8.88. The Morgan fingerprint density at radius 3 is 2.52 bits per heavy atom. The lowest BCUT2D eigenvalue weighted by atomic mass is 10.0. The summed E-state index contributed by atoms with van der Waals surface area (Å²) in [6.45, 7) is 0.906. The van der Waals surface area contributed by atoms with E-state index in [1.165, 1.54) is 24.1 Å². The van der Waals surface area contributed by atoms with E-state index >= 15 is 0 Å². The molecule has 10 nitrogen and oxygen atoms in total. The highest BCUT2D eigenvalue weighted by atomic mass is 32.2. The molecule has 46 heavy (non-hydrogen) atoms. The number of carbonyl (C=O) groups excluding carboxylic acids is 1. The van der Waals surface area contributed by atoms with Crippen molar-refractivity contribution < 1.29 is 22.4 Å². The zero-order chi connectivity index (χ0) is 31.8. The molecule has 14 heteroatoms. The van der Waals surface area contributed by atoms with E-state index < -0.39 is 11.7 Å². The van der Waals surface area contributed by atoms with Gasteiger partial charge in [0.05, 0.1) is 28.0 Å². The summed E-state index contributed by atoms with van der Waals surface area (Å²) in [5.41, 5.74) is 1.76. The number of benzene rings is 3. The van der Waals surface area contributed by atoms with Gasteiger partial charge in [-0.3, -0.25) is 13.9 Å². The quantitative estimate of drug-likeness (QED) is 0.201. The second-order valence-electron chi connectivity index (χ2n) is 10.8. The Kier molecular flexibility index (Phi) is 7.72. The van der Waals surface area contributed by atoms with E-state index in [0.29, 0.717) is 42.5 Å². The first kappa shape index (κ1) is 29.6. The van der Waals surface area contributed by atoms with Gasteiger partial charge in [-0.2, -0.15) is 13.2 Å². The van der Waals surface area contributed by atoms with Crippen LogP contribution in [0.4, 0.5) is 13.2 Å². The zero-order valence-electron chi connectivity index (χ0n) is 24.1. The molecule has 7 rings (SSSR count). The number of amides is 1. The maximum atomic E-state index is 13.5. The highest BCUT2D eigenvalue weighted by Crippen LogP contribution is 2.34. The number of thioether (sulfide) groups is 1. The smallest absolute Gasteiger partial charge is 0.416 e. The number of oxazole rings is 1.